The maximum atomic E-state index is 12.1. The van der Waals surface area contributed by atoms with E-state index in [2.05, 4.69) is 25.8 Å². The van der Waals surface area contributed by atoms with Crippen LogP contribution in [0.1, 0.15) is 37.5 Å². The van der Waals surface area contributed by atoms with Gasteiger partial charge in [-0.2, -0.15) is 10.5 Å². The standard InChI is InChI=1S/C18H18N4O2/c1-18(2,3)10-5-6-11(14(7-10)24-4)15-12(8-19)16(21)22-17(23)13(15)9-20/h5-7H,1-4H3,(H3,21,22,23). The molecule has 24 heavy (non-hydrogen) atoms. The van der Waals surface area contributed by atoms with Crippen molar-refractivity contribution >= 4 is 5.82 Å². The highest BCUT2D eigenvalue weighted by Crippen LogP contribution is 2.37. The van der Waals surface area contributed by atoms with Crippen LogP contribution in [0.2, 0.25) is 0 Å². The summed E-state index contributed by atoms with van der Waals surface area (Å²) in [6.07, 6.45) is 0. The Hall–Kier alpha value is -3.25. The van der Waals surface area contributed by atoms with Crippen molar-refractivity contribution in [3.8, 4) is 29.0 Å². The molecule has 0 aliphatic heterocycles. The average Bonchev–Trinajstić information content (AvgIpc) is 2.52. The van der Waals surface area contributed by atoms with Crippen LogP contribution in [0.25, 0.3) is 11.1 Å². The van der Waals surface area contributed by atoms with E-state index < -0.39 is 5.56 Å². The smallest absolute Gasteiger partial charge is 0.268 e. The molecule has 0 spiro atoms. The second kappa shape index (κ2) is 6.10. The number of anilines is 1. The van der Waals surface area contributed by atoms with E-state index in [4.69, 9.17) is 10.5 Å². The van der Waals surface area contributed by atoms with E-state index in [1.54, 1.807) is 6.07 Å². The Morgan fingerprint density at radius 3 is 2.29 bits per heavy atom. The van der Waals surface area contributed by atoms with Crippen molar-refractivity contribution in [3.63, 3.8) is 0 Å². The summed E-state index contributed by atoms with van der Waals surface area (Å²) in [6, 6.07) is 9.29. The Kier molecular flexibility index (Phi) is 4.35. The van der Waals surface area contributed by atoms with Crippen LogP contribution in [0, 0.1) is 22.7 Å². The van der Waals surface area contributed by atoms with Gasteiger partial charge in [0.05, 0.1) is 7.11 Å². The SMILES string of the molecule is COc1cc(C(C)(C)C)ccc1-c1c(C#N)c(N)[nH]c(=O)c1C#N. The summed E-state index contributed by atoms with van der Waals surface area (Å²) in [5.74, 6) is 0.402. The fourth-order valence-electron chi connectivity index (χ4n) is 2.48. The van der Waals surface area contributed by atoms with Crippen LogP contribution in [0.3, 0.4) is 0 Å². The number of H-pyrrole nitrogens is 1. The van der Waals surface area contributed by atoms with Gasteiger partial charge in [0.25, 0.3) is 5.56 Å². The number of nitrogen functional groups attached to an aromatic ring is 1. The maximum Gasteiger partial charge on any atom is 0.268 e. The largest absolute Gasteiger partial charge is 0.496 e. The van der Waals surface area contributed by atoms with Crippen molar-refractivity contribution in [1.29, 1.82) is 10.5 Å². The Balaban J connectivity index is 2.90. The maximum absolute atomic E-state index is 12.1. The summed E-state index contributed by atoms with van der Waals surface area (Å²) in [5.41, 5.74) is 6.61. The topological polar surface area (TPSA) is 116 Å². The first-order chi connectivity index (χ1) is 11.2. The van der Waals surface area contributed by atoms with E-state index in [0.717, 1.165) is 5.56 Å². The number of benzene rings is 1. The van der Waals surface area contributed by atoms with Crippen molar-refractivity contribution in [3.05, 3.63) is 45.2 Å². The number of methoxy groups -OCH3 is 1. The number of hydrogen-bond acceptors (Lipinski definition) is 5. The Morgan fingerprint density at radius 2 is 1.79 bits per heavy atom. The van der Waals surface area contributed by atoms with E-state index in [9.17, 15) is 15.3 Å². The number of nitrogens with one attached hydrogen (secondary N) is 1. The minimum atomic E-state index is -0.633. The predicted molar refractivity (Wildman–Crippen MR) is 91.6 cm³/mol. The number of pyridine rings is 1. The fourth-order valence-corrected chi connectivity index (χ4v) is 2.48. The first-order valence-electron chi connectivity index (χ1n) is 7.29. The van der Waals surface area contributed by atoms with Crippen molar-refractivity contribution in [1.82, 2.24) is 4.98 Å². The van der Waals surface area contributed by atoms with E-state index in [-0.39, 0.29) is 27.9 Å². The van der Waals surface area contributed by atoms with Gasteiger partial charge in [0.15, 0.2) is 0 Å². The van der Waals surface area contributed by atoms with Gasteiger partial charge in [-0.3, -0.25) is 4.79 Å². The summed E-state index contributed by atoms with van der Waals surface area (Å²) in [6.45, 7) is 6.19. The summed E-state index contributed by atoms with van der Waals surface area (Å²) in [5, 5.41) is 18.8. The molecule has 0 saturated carbocycles. The van der Waals surface area contributed by atoms with Crippen LogP contribution in [0.4, 0.5) is 5.82 Å². The average molecular weight is 322 g/mol. The fraction of sp³-hybridized carbons (Fsp3) is 0.278. The van der Waals surface area contributed by atoms with Gasteiger partial charge in [-0.05, 0) is 17.0 Å². The number of aromatic nitrogens is 1. The molecule has 3 N–H and O–H groups in total. The molecule has 0 amide bonds. The monoisotopic (exact) mass is 322 g/mol. The molecule has 1 aromatic carbocycles. The Bertz CT molecular complexity index is 938. The molecule has 0 unspecified atom stereocenters. The third-order valence-corrected chi connectivity index (χ3v) is 3.81. The predicted octanol–water partition coefficient (Wildman–Crippen LogP) is 2.67. The number of rotatable bonds is 2. The molecule has 0 aliphatic carbocycles. The van der Waals surface area contributed by atoms with Crippen LogP contribution in [0.15, 0.2) is 23.0 Å². The highest BCUT2D eigenvalue weighted by molar-refractivity contribution is 5.83. The lowest BCUT2D eigenvalue weighted by Crippen LogP contribution is -2.17. The molecule has 0 aliphatic rings. The van der Waals surface area contributed by atoms with Crippen molar-refractivity contribution < 1.29 is 4.74 Å². The number of hydrogen-bond donors (Lipinski definition) is 2. The molecule has 0 bridgehead atoms. The summed E-state index contributed by atoms with van der Waals surface area (Å²) in [7, 11) is 1.50. The summed E-state index contributed by atoms with van der Waals surface area (Å²) in [4.78, 5) is 14.4. The number of aromatic amines is 1. The van der Waals surface area contributed by atoms with E-state index in [0.29, 0.717) is 11.3 Å². The van der Waals surface area contributed by atoms with E-state index in [1.807, 2.05) is 24.3 Å². The Morgan fingerprint density at radius 1 is 1.17 bits per heavy atom. The van der Waals surface area contributed by atoms with Gasteiger partial charge in [0.2, 0.25) is 0 Å². The van der Waals surface area contributed by atoms with Gasteiger partial charge in [0, 0.05) is 11.1 Å². The molecule has 1 heterocycles. The molecule has 6 heteroatoms. The number of ether oxygens (including phenoxy) is 1. The van der Waals surface area contributed by atoms with Crippen LogP contribution < -0.4 is 16.0 Å². The minimum absolute atomic E-state index is 0.0490. The van der Waals surface area contributed by atoms with Crippen molar-refractivity contribution in [2.45, 2.75) is 26.2 Å². The molecule has 122 valence electrons. The van der Waals surface area contributed by atoms with Crippen LogP contribution >= 0.6 is 0 Å². The van der Waals surface area contributed by atoms with Gasteiger partial charge < -0.3 is 15.5 Å². The van der Waals surface area contributed by atoms with Gasteiger partial charge in [-0.1, -0.05) is 32.9 Å². The number of nitrogens with two attached hydrogens (primary N) is 1. The molecule has 2 aromatic rings. The van der Waals surface area contributed by atoms with Gasteiger partial charge in [-0.15, -0.1) is 0 Å². The normalized spacial score (nSPS) is 10.8. The van der Waals surface area contributed by atoms with Crippen LogP contribution in [-0.2, 0) is 5.41 Å². The Labute approximate surface area is 140 Å². The molecule has 6 nitrogen and oxygen atoms in total. The molecule has 0 radical (unpaired) electrons. The highest BCUT2D eigenvalue weighted by Gasteiger charge is 2.23. The summed E-state index contributed by atoms with van der Waals surface area (Å²) >= 11 is 0. The third kappa shape index (κ3) is 2.82. The lowest BCUT2D eigenvalue weighted by Gasteiger charge is -2.21. The second-order valence-electron chi connectivity index (χ2n) is 6.38. The first kappa shape index (κ1) is 17.1. The molecule has 1 aromatic heterocycles. The van der Waals surface area contributed by atoms with Gasteiger partial charge >= 0.3 is 0 Å². The first-order valence-corrected chi connectivity index (χ1v) is 7.29. The van der Waals surface area contributed by atoms with Crippen molar-refractivity contribution in [2.24, 2.45) is 0 Å². The van der Waals surface area contributed by atoms with E-state index >= 15 is 0 Å². The van der Waals surface area contributed by atoms with Crippen molar-refractivity contribution in [2.75, 3.05) is 12.8 Å². The van der Waals surface area contributed by atoms with E-state index in [1.165, 1.54) is 7.11 Å². The molecule has 0 saturated heterocycles. The quantitative estimate of drug-likeness (QED) is 0.881. The lowest BCUT2D eigenvalue weighted by molar-refractivity contribution is 0.414. The molecule has 0 fully saturated rings. The molecular weight excluding hydrogens is 304 g/mol. The number of nitriles is 2. The number of nitrogens with zero attached hydrogens (tertiary/aromatic N) is 2. The van der Waals surface area contributed by atoms with Gasteiger partial charge in [0.1, 0.15) is 34.8 Å². The molecule has 2 rings (SSSR count). The molecule has 0 atom stereocenters. The third-order valence-electron chi connectivity index (χ3n) is 3.81. The summed E-state index contributed by atoms with van der Waals surface area (Å²) < 4.78 is 5.44. The highest BCUT2D eigenvalue weighted by atomic mass is 16.5. The lowest BCUT2D eigenvalue weighted by atomic mass is 9.85. The van der Waals surface area contributed by atoms with Crippen LogP contribution in [-0.4, -0.2) is 12.1 Å². The minimum Gasteiger partial charge on any atom is -0.496 e. The zero-order valence-electron chi connectivity index (χ0n) is 14.0. The molecular formula is C18H18N4O2. The zero-order valence-corrected chi connectivity index (χ0v) is 14.0. The zero-order chi connectivity index (χ0) is 18.1. The second-order valence-corrected chi connectivity index (χ2v) is 6.38. The van der Waals surface area contributed by atoms with Crippen LogP contribution in [0.5, 0.6) is 5.75 Å². The van der Waals surface area contributed by atoms with Gasteiger partial charge in [-0.25, -0.2) is 0 Å².